The maximum Gasteiger partial charge on any atom is 0.119 e. The van der Waals surface area contributed by atoms with Crippen LogP contribution in [0.4, 0.5) is 0 Å². The molecule has 7 aliphatic rings. The Morgan fingerprint density at radius 1 is 0.352 bits per heavy atom. The van der Waals surface area contributed by atoms with Crippen molar-refractivity contribution in [3.63, 3.8) is 0 Å². The third-order valence-electron chi connectivity index (χ3n) is 13.4. The monoisotopic (exact) mass is 924 g/mol. The molecule has 0 saturated heterocycles. The van der Waals surface area contributed by atoms with Crippen LogP contribution in [0.15, 0.2) is 267 Å². The fraction of sp³-hybridized carbons (Fsp3) is 0.156. The molecule has 0 spiro atoms. The lowest BCUT2D eigenvalue weighted by atomic mass is 9.98. The van der Waals surface area contributed by atoms with Gasteiger partial charge in [-0.1, -0.05) is 129 Å². The normalized spacial score (nSPS) is 17.7. The zero-order chi connectivity index (χ0) is 47.8. The first-order chi connectivity index (χ1) is 35.1. The average Bonchev–Trinajstić information content (AvgIpc) is 4.28. The van der Waals surface area contributed by atoms with Gasteiger partial charge in [0.15, 0.2) is 0 Å². The summed E-state index contributed by atoms with van der Waals surface area (Å²) in [4.78, 5) is 26.2. The molecule has 0 radical (unpaired) electrons. The highest BCUT2D eigenvalue weighted by Gasteiger charge is 2.27. The smallest absolute Gasteiger partial charge is 0.119 e. The summed E-state index contributed by atoms with van der Waals surface area (Å²) in [5, 5.41) is 0. The highest BCUT2D eigenvalue weighted by molar-refractivity contribution is 6.39. The number of nitrogens with zero attached hydrogens (tertiary/aromatic N) is 6. The predicted molar refractivity (Wildman–Crippen MR) is 296 cm³/mol. The number of rotatable bonds is 15. The third kappa shape index (κ3) is 10.0. The maximum atomic E-state index is 6.33. The predicted octanol–water partition coefficient (Wildman–Crippen LogP) is 14.4. The zero-order valence-corrected chi connectivity index (χ0v) is 40.2. The standard InChI is InChI=1S/C64H56N6O/c1-2-39-69-41-35-46(36-42-69)47-37-43-70(44-38-47)40-15-4-3-5-16-45-71-52-25-23-51(24-26-52)64-59-33-31-57(67-59)62(49-19-11-7-12-20-49)55-29-27-53(65-55)61(48-17-9-6-10-18-48)54-28-30-56(66-54)63(50-21-13-8-14-22-50)58-32-34-60(64)68-58/h6-14,17-38,41-44H,2-5,15-16,39-40,45H2,1H3. The molecule has 7 aliphatic heterocycles. The molecule has 348 valence electrons. The molecule has 7 heteroatoms. The van der Waals surface area contributed by atoms with E-state index >= 15 is 0 Å². The fourth-order valence-electron chi connectivity index (χ4n) is 9.78. The first-order valence-corrected chi connectivity index (χ1v) is 25.1. The van der Waals surface area contributed by atoms with Crippen LogP contribution in [0, 0.1) is 0 Å². The van der Waals surface area contributed by atoms with Gasteiger partial charge in [-0.2, -0.15) is 0 Å². The van der Waals surface area contributed by atoms with Crippen molar-refractivity contribution in [2.75, 3.05) is 19.7 Å². The van der Waals surface area contributed by atoms with E-state index in [2.05, 4.69) is 211 Å². The van der Waals surface area contributed by atoms with Crippen LogP contribution < -0.4 is 4.74 Å². The number of hydrogen-bond acceptors (Lipinski definition) is 7. The van der Waals surface area contributed by atoms with Crippen LogP contribution in [-0.2, 0) is 0 Å². The maximum absolute atomic E-state index is 6.33. The summed E-state index contributed by atoms with van der Waals surface area (Å²) in [7, 11) is 0. The van der Waals surface area contributed by atoms with Gasteiger partial charge in [-0.05, 0) is 138 Å². The molecule has 0 N–H and O–H groups in total. The summed E-state index contributed by atoms with van der Waals surface area (Å²) in [5.74, 6) is 0.854. The number of fused-ring (bicyclic) bond motifs is 4. The highest BCUT2D eigenvalue weighted by atomic mass is 16.5. The van der Waals surface area contributed by atoms with Gasteiger partial charge in [0.25, 0.3) is 0 Å². The molecule has 0 amide bonds. The molecular weight excluding hydrogens is 869 g/mol. The van der Waals surface area contributed by atoms with Gasteiger partial charge >= 0.3 is 0 Å². The first kappa shape index (κ1) is 45.0. The second-order valence-corrected chi connectivity index (χ2v) is 18.3. The third-order valence-corrected chi connectivity index (χ3v) is 13.4. The number of aliphatic imine (C=N–C) groups is 4. The number of hydrogen-bond donors (Lipinski definition) is 0. The summed E-state index contributed by atoms with van der Waals surface area (Å²) in [6, 6.07) is 39.7. The summed E-state index contributed by atoms with van der Waals surface area (Å²) in [5.41, 5.74) is 17.2. The molecule has 0 saturated carbocycles. The van der Waals surface area contributed by atoms with Crippen LogP contribution in [0.3, 0.4) is 0 Å². The Labute approximate surface area is 417 Å². The first-order valence-electron chi connectivity index (χ1n) is 25.1. The topological polar surface area (TPSA) is 65.2 Å². The van der Waals surface area contributed by atoms with Gasteiger partial charge < -0.3 is 14.5 Å². The van der Waals surface area contributed by atoms with E-state index in [0.717, 1.165) is 135 Å². The second-order valence-electron chi connectivity index (χ2n) is 18.3. The molecular formula is C64H56N6O. The van der Waals surface area contributed by atoms with Crippen LogP contribution in [0.25, 0.3) is 22.3 Å². The number of allylic oxidation sites excluding steroid dienone is 18. The Bertz CT molecular complexity index is 3190. The number of unbranched alkanes of at least 4 members (excludes halogenated alkanes) is 4. The molecule has 8 bridgehead atoms. The average molecular weight is 925 g/mol. The van der Waals surface area contributed by atoms with E-state index in [1.807, 2.05) is 18.2 Å². The molecule has 0 aromatic heterocycles. The van der Waals surface area contributed by atoms with E-state index in [9.17, 15) is 0 Å². The Morgan fingerprint density at radius 2 is 0.704 bits per heavy atom. The van der Waals surface area contributed by atoms with Gasteiger partial charge in [-0.15, -0.1) is 0 Å². The summed E-state index contributed by atoms with van der Waals surface area (Å²) in [6.07, 6.45) is 41.4. The Morgan fingerprint density at radius 3 is 1.10 bits per heavy atom. The molecule has 0 atom stereocenters. The van der Waals surface area contributed by atoms with E-state index in [1.54, 1.807) is 0 Å². The molecule has 0 aliphatic carbocycles. The van der Waals surface area contributed by atoms with Gasteiger partial charge in [-0.3, -0.25) is 0 Å². The molecule has 4 aromatic carbocycles. The Balaban J connectivity index is 0.828. The lowest BCUT2D eigenvalue weighted by Crippen LogP contribution is -2.14. The van der Waals surface area contributed by atoms with Crippen molar-refractivity contribution in [3.05, 3.63) is 269 Å². The summed E-state index contributed by atoms with van der Waals surface area (Å²) >= 11 is 0. The van der Waals surface area contributed by atoms with Crippen molar-refractivity contribution in [2.45, 2.75) is 45.4 Å². The van der Waals surface area contributed by atoms with Gasteiger partial charge in [-0.25, -0.2) is 20.0 Å². The van der Waals surface area contributed by atoms with E-state index in [1.165, 1.54) is 24.0 Å². The Kier molecular flexibility index (Phi) is 13.4. The molecule has 71 heavy (non-hydrogen) atoms. The summed E-state index contributed by atoms with van der Waals surface area (Å²) < 4.78 is 6.33. The van der Waals surface area contributed by atoms with Crippen molar-refractivity contribution in [2.24, 2.45) is 20.0 Å². The minimum Gasteiger partial charge on any atom is -0.494 e. The van der Waals surface area contributed by atoms with E-state index in [-0.39, 0.29) is 0 Å². The molecule has 7 nitrogen and oxygen atoms in total. The fourth-order valence-corrected chi connectivity index (χ4v) is 9.78. The van der Waals surface area contributed by atoms with E-state index in [0.29, 0.717) is 6.61 Å². The second kappa shape index (κ2) is 21.1. The minimum atomic E-state index is 0.682. The van der Waals surface area contributed by atoms with Crippen LogP contribution in [-0.4, -0.2) is 52.3 Å². The van der Waals surface area contributed by atoms with Crippen LogP contribution in [0.1, 0.15) is 67.7 Å². The van der Waals surface area contributed by atoms with Gasteiger partial charge in [0.2, 0.25) is 0 Å². The molecule has 4 aromatic rings. The minimum absolute atomic E-state index is 0.682. The van der Waals surface area contributed by atoms with Crippen LogP contribution in [0.2, 0.25) is 0 Å². The van der Waals surface area contributed by atoms with E-state index < -0.39 is 0 Å². The van der Waals surface area contributed by atoms with Crippen molar-refractivity contribution >= 4 is 45.1 Å². The number of benzene rings is 4. The van der Waals surface area contributed by atoms with Crippen molar-refractivity contribution in [1.82, 2.24) is 9.80 Å². The van der Waals surface area contributed by atoms with Gasteiger partial charge in [0, 0.05) is 60.2 Å². The van der Waals surface area contributed by atoms with Crippen molar-refractivity contribution < 1.29 is 4.74 Å². The quantitative estimate of drug-likeness (QED) is 0.112. The van der Waals surface area contributed by atoms with Crippen molar-refractivity contribution in [3.8, 4) is 5.75 Å². The largest absolute Gasteiger partial charge is 0.494 e. The highest BCUT2D eigenvalue weighted by Crippen LogP contribution is 2.39. The molecule has 11 rings (SSSR count). The van der Waals surface area contributed by atoms with Gasteiger partial charge in [0.1, 0.15) is 5.75 Å². The zero-order valence-electron chi connectivity index (χ0n) is 40.2. The lowest BCUT2D eigenvalue weighted by molar-refractivity contribution is 0.304. The molecule has 0 fully saturated rings. The lowest BCUT2D eigenvalue weighted by Gasteiger charge is -2.21. The molecule has 7 heterocycles. The van der Waals surface area contributed by atoms with Gasteiger partial charge in [0.05, 0.1) is 52.2 Å². The molecule has 0 unspecified atom stereocenters. The van der Waals surface area contributed by atoms with E-state index in [4.69, 9.17) is 24.7 Å². The van der Waals surface area contributed by atoms with Crippen LogP contribution >= 0.6 is 0 Å². The Hall–Kier alpha value is -8.42. The van der Waals surface area contributed by atoms with Crippen molar-refractivity contribution in [1.29, 1.82) is 0 Å². The van der Waals surface area contributed by atoms with Crippen LogP contribution in [0.5, 0.6) is 5.75 Å². The SMILES string of the molecule is CCCN1C=CC(=C2C=CN(CCCCCCCOc3ccc(C4=C5C=CC(=N5)C(c5ccccc5)=C5C=CC(=N5)C(c5ccccc5)=C5C=CC(=N5)C(c5ccccc5)=C5C=CC4=N5)cc3)C=C2)C=C1. The number of ether oxygens (including phenoxy) is 1. The summed E-state index contributed by atoms with van der Waals surface area (Å²) in [6.45, 7) is 4.97.